The summed E-state index contributed by atoms with van der Waals surface area (Å²) in [6, 6.07) is 0. The number of carbonyl (C=O) groups excluding carboxylic acids is 1. The van der Waals surface area contributed by atoms with Gasteiger partial charge in [-0.25, -0.2) is 0 Å². The highest BCUT2D eigenvalue weighted by Crippen LogP contribution is 2.08. The first-order valence-corrected chi connectivity index (χ1v) is 4.42. The van der Waals surface area contributed by atoms with Gasteiger partial charge in [-0.1, -0.05) is 26.3 Å². The van der Waals surface area contributed by atoms with Crippen LogP contribution in [0.3, 0.4) is 0 Å². The van der Waals surface area contributed by atoms with Crippen LogP contribution >= 0.6 is 0 Å². The lowest BCUT2D eigenvalue weighted by atomic mass is 10.0. The van der Waals surface area contributed by atoms with E-state index in [2.05, 4.69) is 13.8 Å². The molecule has 0 rings (SSSR count). The summed E-state index contributed by atoms with van der Waals surface area (Å²) in [6.07, 6.45) is 6.26. The molecule has 1 heteroatoms. The summed E-state index contributed by atoms with van der Waals surface area (Å²) < 4.78 is 0. The fraction of sp³-hybridized carbons (Fsp3) is 0.700. The van der Waals surface area contributed by atoms with Crippen molar-refractivity contribution in [2.24, 2.45) is 0 Å². The van der Waals surface area contributed by atoms with E-state index in [4.69, 9.17) is 0 Å². The number of rotatable bonds is 5. The molecule has 0 bridgehead atoms. The lowest BCUT2D eigenvalue weighted by Gasteiger charge is -2.00. The van der Waals surface area contributed by atoms with Crippen LogP contribution in [-0.2, 0) is 4.79 Å². The molecular weight excluding hydrogens is 136 g/mol. The average Bonchev–Trinajstić information content (AvgIpc) is 1.97. The topological polar surface area (TPSA) is 17.1 Å². The Balaban J connectivity index is 3.90. The zero-order valence-corrected chi connectivity index (χ0v) is 7.81. The molecule has 0 saturated carbocycles. The van der Waals surface area contributed by atoms with Crippen LogP contribution in [0.1, 0.15) is 46.5 Å². The van der Waals surface area contributed by atoms with Gasteiger partial charge in [0.2, 0.25) is 0 Å². The third-order valence-corrected chi connectivity index (χ3v) is 1.70. The minimum atomic E-state index is 0.236. The minimum absolute atomic E-state index is 0.236. The van der Waals surface area contributed by atoms with Gasteiger partial charge in [0.05, 0.1) is 0 Å². The highest BCUT2D eigenvalue weighted by atomic mass is 16.1. The van der Waals surface area contributed by atoms with Gasteiger partial charge < -0.3 is 0 Å². The Morgan fingerprint density at radius 1 is 1.36 bits per heavy atom. The molecule has 0 radical (unpaired) electrons. The van der Waals surface area contributed by atoms with E-state index in [0.717, 1.165) is 31.3 Å². The average molecular weight is 154 g/mol. The van der Waals surface area contributed by atoms with Gasteiger partial charge in [0.25, 0.3) is 0 Å². The Morgan fingerprint density at radius 3 is 2.36 bits per heavy atom. The van der Waals surface area contributed by atoms with E-state index in [1.807, 2.05) is 6.08 Å². The van der Waals surface area contributed by atoms with E-state index in [1.165, 1.54) is 0 Å². The molecule has 0 aromatic heterocycles. The van der Waals surface area contributed by atoms with Crippen molar-refractivity contribution in [3.63, 3.8) is 0 Å². The molecule has 64 valence electrons. The van der Waals surface area contributed by atoms with E-state index in [0.29, 0.717) is 0 Å². The number of Topliss-reactive ketones (excluding diaryl/α,β-unsaturated/α-hetero) is 1. The lowest BCUT2D eigenvalue weighted by molar-refractivity contribution is -0.113. The second-order valence-electron chi connectivity index (χ2n) is 2.80. The Labute approximate surface area is 69.5 Å². The molecule has 0 aliphatic rings. The zero-order chi connectivity index (χ0) is 8.69. The SMILES string of the molecule is CC/C=C(\CCCC)C(C)=O. The van der Waals surface area contributed by atoms with Crippen molar-refractivity contribution >= 4 is 5.78 Å². The summed E-state index contributed by atoms with van der Waals surface area (Å²) in [5.74, 6) is 0.236. The van der Waals surface area contributed by atoms with E-state index in [-0.39, 0.29) is 5.78 Å². The van der Waals surface area contributed by atoms with Crippen molar-refractivity contribution in [1.82, 2.24) is 0 Å². The molecule has 0 aromatic carbocycles. The molecule has 11 heavy (non-hydrogen) atoms. The smallest absolute Gasteiger partial charge is 0.155 e. The molecule has 0 aromatic rings. The molecule has 0 unspecified atom stereocenters. The molecule has 0 atom stereocenters. The molecule has 0 heterocycles. The summed E-state index contributed by atoms with van der Waals surface area (Å²) >= 11 is 0. The van der Waals surface area contributed by atoms with E-state index >= 15 is 0 Å². The second-order valence-corrected chi connectivity index (χ2v) is 2.80. The van der Waals surface area contributed by atoms with Crippen LogP contribution in [0, 0.1) is 0 Å². The quantitative estimate of drug-likeness (QED) is 0.556. The van der Waals surface area contributed by atoms with Crippen molar-refractivity contribution in [2.75, 3.05) is 0 Å². The third-order valence-electron chi connectivity index (χ3n) is 1.70. The Morgan fingerprint density at radius 2 is 2.00 bits per heavy atom. The maximum atomic E-state index is 11.0. The standard InChI is InChI=1S/C10H18O/c1-4-6-8-10(7-5-2)9(3)11/h7H,4-6,8H2,1-3H3/b10-7+. The van der Waals surface area contributed by atoms with Crippen molar-refractivity contribution in [2.45, 2.75) is 46.5 Å². The monoisotopic (exact) mass is 154 g/mol. The summed E-state index contributed by atoms with van der Waals surface area (Å²) in [6.45, 7) is 5.86. The number of allylic oxidation sites excluding steroid dienone is 2. The van der Waals surface area contributed by atoms with Crippen molar-refractivity contribution < 1.29 is 4.79 Å². The molecule has 0 aliphatic carbocycles. The molecule has 1 nitrogen and oxygen atoms in total. The molecule has 0 aliphatic heterocycles. The van der Waals surface area contributed by atoms with E-state index in [9.17, 15) is 4.79 Å². The summed E-state index contributed by atoms with van der Waals surface area (Å²) in [5, 5.41) is 0. The van der Waals surface area contributed by atoms with Crippen molar-refractivity contribution in [3.8, 4) is 0 Å². The summed E-state index contributed by atoms with van der Waals surface area (Å²) in [5.41, 5.74) is 1.01. The van der Waals surface area contributed by atoms with Crippen molar-refractivity contribution in [3.05, 3.63) is 11.6 Å². The number of unbranched alkanes of at least 4 members (excludes halogenated alkanes) is 1. The first-order chi connectivity index (χ1) is 5.22. The molecule has 0 saturated heterocycles. The van der Waals surface area contributed by atoms with Crippen LogP contribution in [0.2, 0.25) is 0 Å². The van der Waals surface area contributed by atoms with Gasteiger partial charge in [-0.2, -0.15) is 0 Å². The van der Waals surface area contributed by atoms with Gasteiger partial charge in [-0.3, -0.25) is 4.79 Å². The molecule has 0 fully saturated rings. The number of carbonyl (C=O) groups is 1. The normalized spacial score (nSPS) is 11.7. The highest BCUT2D eigenvalue weighted by Gasteiger charge is 2.00. The van der Waals surface area contributed by atoms with Gasteiger partial charge in [0.15, 0.2) is 5.78 Å². The number of ketones is 1. The first kappa shape index (κ1) is 10.4. The summed E-state index contributed by atoms with van der Waals surface area (Å²) in [4.78, 5) is 11.0. The Bertz CT molecular complexity index is 145. The fourth-order valence-electron chi connectivity index (χ4n) is 1.04. The number of hydrogen-bond donors (Lipinski definition) is 0. The third kappa shape index (κ3) is 4.77. The maximum absolute atomic E-state index is 11.0. The number of hydrogen-bond acceptors (Lipinski definition) is 1. The van der Waals surface area contributed by atoms with Crippen molar-refractivity contribution in [1.29, 1.82) is 0 Å². The van der Waals surface area contributed by atoms with Crippen LogP contribution in [0.4, 0.5) is 0 Å². The second kappa shape index (κ2) is 6.14. The maximum Gasteiger partial charge on any atom is 0.155 e. The van der Waals surface area contributed by atoms with Crippen LogP contribution in [0.25, 0.3) is 0 Å². The molecular formula is C10H18O. The van der Waals surface area contributed by atoms with Crippen LogP contribution < -0.4 is 0 Å². The predicted molar refractivity (Wildman–Crippen MR) is 48.6 cm³/mol. The Hall–Kier alpha value is -0.590. The predicted octanol–water partition coefficient (Wildman–Crippen LogP) is 3.10. The van der Waals surface area contributed by atoms with Gasteiger partial charge in [0.1, 0.15) is 0 Å². The van der Waals surface area contributed by atoms with E-state index < -0.39 is 0 Å². The molecule has 0 amide bonds. The van der Waals surface area contributed by atoms with Gasteiger partial charge >= 0.3 is 0 Å². The van der Waals surface area contributed by atoms with Crippen LogP contribution in [0.5, 0.6) is 0 Å². The lowest BCUT2D eigenvalue weighted by Crippen LogP contribution is -1.96. The van der Waals surface area contributed by atoms with Gasteiger partial charge in [0, 0.05) is 0 Å². The molecule has 0 spiro atoms. The van der Waals surface area contributed by atoms with E-state index in [1.54, 1.807) is 6.92 Å². The highest BCUT2D eigenvalue weighted by molar-refractivity contribution is 5.93. The summed E-state index contributed by atoms with van der Waals surface area (Å²) in [7, 11) is 0. The zero-order valence-electron chi connectivity index (χ0n) is 7.81. The fourth-order valence-corrected chi connectivity index (χ4v) is 1.04. The van der Waals surface area contributed by atoms with Gasteiger partial charge in [-0.15, -0.1) is 0 Å². The van der Waals surface area contributed by atoms with Gasteiger partial charge in [-0.05, 0) is 31.8 Å². The largest absolute Gasteiger partial charge is 0.295 e. The van der Waals surface area contributed by atoms with Crippen LogP contribution in [-0.4, -0.2) is 5.78 Å². The van der Waals surface area contributed by atoms with Crippen LogP contribution in [0.15, 0.2) is 11.6 Å². The Kier molecular flexibility index (Phi) is 5.81. The first-order valence-electron chi connectivity index (χ1n) is 4.42. The molecule has 0 N–H and O–H groups in total. The minimum Gasteiger partial charge on any atom is -0.295 e.